The van der Waals surface area contributed by atoms with Gasteiger partial charge in [0.25, 0.3) is 0 Å². The molecule has 0 fully saturated rings. The van der Waals surface area contributed by atoms with E-state index in [2.05, 4.69) is 109 Å². The summed E-state index contributed by atoms with van der Waals surface area (Å²) >= 11 is 5.07. The number of hydrogen-bond donors (Lipinski definition) is 0. The third kappa shape index (κ3) is 3.00. The van der Waals surface area contributed by atoms with Crippen LogP contribution in [0.2, 0.25) is 0 Å². The number of fused-ring (bicyclic) bond motifs is 1. The summed E-state index contributed by atoms with van der Waals surface area (Å²) in [6, 6.07) is 13.3. The Morgan fingerprint density at radius 2 is 1.06 bits per heavy atom. The van der Waals surface area contributed by atoms with Gasteiger partial charge in [0.05, 0.1) is 0 Å². The summed E-state index contributed by atoms with van der Waals surface area (Å²) in [6.45, 7) is 9.13. The summed E-state index contributed by atoms with van der Waals surface area (Å²) in [5.74, 6) is 0. The molecule has 0 amide bonds. The van der Waals surface area contributed by atoms with E-state index in [1.807, 2.05) is 0 Å². The molecular formula is C16H18I2. The second-order valence-electron chi connectivity index (χ2n) is 5.69. The standard InChI is InChI=1S/C16H18I2/c1-15(2,17)13-9-11-7-5-6-8-12(11)10-14(13)16(3,4)18/h5-10H,1-4H3. The van der Waals surface area contributed by atoms with E-state index in [1.54, 1.807) is 0 Å². The van der Waals surface area contributed by atoms with E-state index >= 15 is 0 Å². The molecule has 0 heterocycles. The summed E-state index contributed by atoms with van der Waals surface area (Å²) in [5, 5.41) is 2.67. The molecule has 0 aliphatic carbocycles. The van der Waals surface area contributed by atoms with Crippen molar-refractivity contribution in [2.45, 2.75) is 34.5 Å². The first-order valence-corrected chi connectivity index (χ1v) is 8.27. The zero-order valence-electron chi connectivity index (χ0n) is 11.2. The molecule has 0 atom stereocenters. The molecule has 0 saturated heterocycles. The molecule has 0 aromatic heterocycles. The number of hydrogen-bond acceptors (Lipinski definition) is 0. The van der Waals surface area contributed by atoms with Crippen molar-refractivity contribution in [1.29, 1.82) is 0 Å². The Balaban J connectivity index is 2.81. The maximum Gasteiger partial charge on any atom is 0.0417 e. The van der Waals surface area contributed by atoms with Crippen molar-refractivity contribution in [3.8, 4) is 0 Å². The van der Waals surface area contributed by atoms with Gasteiger partial charge in [0, 0.05) is 6.84 Å². The SMILES string of the molecule is CC(C)(I)c1cc2ccccc2cc1C(C)(C)I. The van der Waals surface area contributed by atoms with Crippen molar-refractivity contribution < 1.29 is 0 Å². The van der Waals surface area contributed by atoms with Crippen molar-refractivity contribution in [2.24, 2.45) is 0 Å². The van der Waals surface area contributed by atoms with Crippen LogP contribution in [0, 0.1) is 0 Å². The van der Waals surface area contributed by atoms with Crippen molar-refractivity contribution in [2.75, 3.05) is 0 Å². The quantitative estimate of drug-likeness (QED) is 0.368. The molecule has 2 heteroatoms. The van der Waals surface area contributed by atoms with E-state index in [-0.39, 0.29) is 6.84 Å². The molecule has 0 radical (unpaired) electrons. The zero-order chi connectivity index (χ0) is 13.6. The first-order valence-electron chi connectivity index (χ1n) is 6.11. The molecule has 0 aliphatic rings. The molecule has 0 saturated carbocycles. The zero-order valence-corrected chi connectivity index (χ0v) is 15.5. The van der Waals surface area contributed by atoms with Crippen LogP contribution in [0.5, 0.6) is 0 Å². The van der Waals surface area contributed by atoms with Gasteiger partial charge >= 0.3 is 0 Å². The first kappa shape index (κ1) is 14.6. The molecule has 0 spiro atoms. The number of halogens is 2. The first-order chi connectivity index (χ1) is 8.19. The fraction of sp³-hybridized carbons (Fsp3) is 0.375. The molecule has 0 aliphatic heterocycles. The summed E-state index contributed by atoms with van der Waals surface area (Å²) in [7, 11) is 0. The topological polar surface area (TPSA) is 0 Å². The lowest BCUT2D eigenvalue weighted by Gasteiger charge is -2.28. The van der Waals surface area contributed by atoms with Gasteiger partial charge in [0.1, 0.15) is 0 Å². The molecule has 96 valence electrons. The van der Waals surface area contributed by atoms with Gasteiger partial charge in [-0.1, -0.05) is 69.4 Å². The Labute approximate surface area is 137 Å². The van der Waals surface area contributed by atoms with E-state index in [1.165, 1.54) is 21.9 Å². The van der Waals surface area contributed by atoms with Gasteiger partial charge in [0.2, 0.25) is 0 Å². The largest absolute Gasteiger partial charge is 0.0743 e. The predicted molar refractivity (Wildman–Crippen MR) is 98.0 cm³/mol. The van der Waals surface area contributed by atoms with Gasteiger partial charge in [-0.3, -0.25) is 0 Å². The minimum absolute atomic E-state index is 0.152. The van der Waals surface area contributed by atoms with Crippen LogP contribution >= 0.6 is 45.2 Å². The van der Waals surface area contributed by atoms with Gasteiger partial charge in [-0.2, -0.15) is 0 Å². The molecule has 0 bridgehead atoms. The minimum Gasteiger partial charge on any atom is -0.0743 e. The van der Waals surface area contributed by atoms with Gasteiger partial charge in [-0.25, -0.2) is 0 Å². The average molecular weight is 464 g/mol. The van der Waals surface area contributed by atoms with Gasteiger partial charge in [0.15, 0.2) is 0 Å². The van der Waals surface area contributed by atoms with Crippen LogP contribution in [0.1, 0.15) is 38.8 Å². The van der Waals surface area contributed by atoms with E-state index in [0.717, 1.165) is 0 Å². The van der Waals surface area contributed by atoms with Crippen LogP contribution in [0.15, 0.2) is 36.4 Å². The van der Waals surface area contributed by atoms with Crippen molar-refractivity contribution >= 4 is 56.0 Å². The fourth-order valence-electron chi connectivity index (χ4n) is 2.22. The fourth-order valence-corrected chi connectivity index (χ4v) is 3.12. The highest BCUT2D eigenvalue weighted by atomic mass is 127. The van der Waals surface area contributed by atoms with Crippen LogP contribution in [0.3, 0.4) is 0 Å². The van der Waals surface area contributed by atoms with Crippen LogP contribution in [-0.4, -0.2) is 0 Å². The Hall–Kier alpha value is 0.160. The summed E-state index contributed by atoms with van der Waals surface area (Å²) in [5.41, 5.74) is 2.89. The summed E-state index contributed by atoms with van der Waals surface area (Å²) in [4.78, 5) is 0. The molecule has 0 nitrogen and oxygen atoms in total. The second kappa shape index (κ2) is 4.93. The van der Waals surface area contributed by atoms with E-state index < -0.39 is 0 Å². The predicted octanol–water partition coefficient (Wildman–Crippen LogP) is 6.18. The van der Waals surface area contributed by atoms with Crippen molar-refractivity contribution in [1.82, 2.24) is 0 Å². The number of alkyl halides is 2. The van der Waals surface area contributed by atoms with Crippen LogP contribution in [0.25, 0.3) is 10.8 Å². The highest BCUT2D eigenvalue weighted by Crippen LogP contribution is 2.42. The van der Waals surface area contributed by atoms with Gasteiger partial charge in [-0.05, 0) is 61.7 Å². The molecule has 2 rings (SSSR count). The van der Waals surface area contributed by atoms with Crippen LogP contribution in [0.4, 0.5) is 0 Å². The van der Waals surface area contributed by atoms with Gasteiger partial charge in [-0.15, -0.1) is 0 Å². The lowest BCUT2D eigenvalue weighted by Crippen LogP contribution is -2.17. The molecular weight excluding hydrogens is 446 g/mol. The third-order valence-corrected chi connectivity index (χ3v) is 4.33. The molecule has 2 aromatic rings. The number of rotatable bonds is 2. The Morgan fingerprint density at radius 1 is 0.722 bits per heavy atom. The lowest BCUT2D eigenvalue weighted by atomic mass is 9.88. The smallest absolute Gasteiger partial charge is 0.0417 e. The monoisotopic (exact) mass is 464 g/mol. The van der Waals surface area contributed by atoms with Crippen molar-refractivity contribution in [3.05, 3.63) is 47.5 Å². The van der Waals surface area contributed by atoms with E-state index in [0.29, 0.717) is 0 Å². The highest BCUT2D eigenvalue weighted by Gasteiger charge is 2.27. The molecule has 18 heavy (non-hydrogen) atoms. The summed E-state index contributed by atoms with van der Waals surface area (Å²) < 4.78 is 0.305. The van der Waals surface area contributed by atoms with Gasteiger partial charge < -0.3 is 0 Å². The van der Waals surface area contributed by atoms with E-state index in [4.69, 9.17) is 0 Å². The molecule has 0 unspecified atom stereocenters. The number of benzene rings is 2. The second-order valence-corrected chi connectivity index (χ2v) is 11.1. The molecule has 0 N–H and O–H groups in total. The highest BCUT2D eigenvalue weighted by molar-refractivity contribution is 14.1. The Kier molecular flexibility index (Phi) is 3.99. The maximum atomic E-state index is 2.54. The third-order valence-electron chi connectivity index (χ3n) is 3.17. The Bertz CT molecular complexity index is 519. The Morgan fingerprint density at radius 3 is 1.33 bits per heavy atom. The van der Waals surface area contributed by atoms with Crippen LogP contribution in [-0.2, 0) is 6.84 Å². The lowest BCUT2D eigenvalue weighted by molar-refractivity contribution is 0.754. The summed E-state index contributed by atoms with van der Waals surface area (Å²) in [6.07, 6.45) is 0. The molecule has 2 aromatic carbocycles. The maximum absolute atomic E-state index is 2.54. The van der Waals surface area contributed by atoms with Crippen molar-refractivity contribution in [3.63, 3.8) is 0 Å². The van der Waals surface area contributed by atoms with E-state index in [9.17, 15) is 0 Å². The minimum atomic E-state index is 0.152. The normalized spacial score (nSPS) is 13.0. The average Bonchev–Trinajstić information content (AvgIpc) is 2.25. The van der Waals surface area contributed by atoms with Crippen LogP contribution < -0.4 is 0 Å².